The molecule has 0 aliphatic heterocycles. The van der Waals surface area contributed by atoms with Gasteiger partial charge < -0.3 is 5.73 Å². The van der Waals surface area contributed by atoms with E-state index in [1.165, 1.54) is 17.3 Å². The molecule has 0 saturated heterocycles. The lowest BCUT2D eigenvalue weighted by molar-refractivity contribution is 0.109. The molecule has 6 heteroatoms. The van der Waals surface area contributed by atoms with Crippen molar-refractivity contribution in [2.24, 2.45) is 5.73 Å². The highest BCUT2D eigenvalue weighted by Crippen LogP contribution is 2.02. The van der Waals surface area contributed by atoms with Crippen molar-refractivity contribution >= 4 is 0 Å². The van der Waals surface area contributed by atoms with Crippen molar-refractivity contribution in [3.63, 3.8) is 0 Å². The first kappa shape index (κ1) is 9.05. The molecular weight excluding hydrogens is 166 g/mol. The Balaban J connectivity index is 2.27. The van der Waals surface area contributed by atoms with E-state index in [0.29, 0.717) is 6.54 Å². The van der Waals surface area contributed by atoms with Gasteiger partial charge in [-0.05, 0) is 6.42 Å². The third-order valence-corrected chi connectivity index (χ3v) is 1.48. The second-order valence-corrected chi connectivity index (χ2v) is 2.45. The van der Waals surface area contributed by atoms with Crippen LogP contribution in [0.25, 0.3) is 0 Å². The first-order valence-electron chi connectivity index (χ1n) is 3.56. The average molecular weight is 176 g/mol. The van der Waals surface area contributed by atoms with Crippen LogP contribution in [0.1, 0.15) is 6.42 Å². The van der Waals surface area contributed by atoms with Crippen LogP contribution in [0.5, 0.6) is 0 Å². The van der Waals surface area contributed by atoms with Gasteiger partial charge in [0.05, 0.1) is 6.04 Å². The second-order valence-electron chi connectivity index (χ2n) is 2.45. The number of rotatable bonds is 4. The largest absolute Gasteiger partial charge is 0.323 e. The van der Waals surface area contributed by atoms with Gasteiger partial charge in [0.25, 0.3) is 6.43 Å². The van der Waals surface area contributed by atoms with Crippen LogP contribution < -0.4 is 5.73 Å². The summed E-state index contributed by atoms with van der Waals surface area (Å²) in [5, 5.41) is 3.75. The van der Waals surface area contributed by atoms with Crippen LogP contribution in [0.4, 0.5) is 8.78 Å². The highest BCUT2D eigenvalue weighted by molar-refractivity contribution is 4.65. The summed E-state index contributed by atoms with van der Waals surface area (Å²) in [5.74, 6) is 0. The van der Waals surface area contributed by atoms with Gasteiger partial charge in [0.15, 0.2) is 0 Å². The van der Waals surface area contributed by atoms with Crippen LogP contribution in [0, 0.1) is 0 Å². The lowest BCUT2D eigenvalue weighted by Gasteiger charge is -2.08. The van der Waals surface area contributed by atoms with Crippen LogP contribution in [0.15, 0.2) is 12.7 Å². The van der Waals surface area contributed by atoms with E-state index in [-0.39, 0.29) is 6.42 Å². The Labute approximate surface area is 68.4 Å². The van der Waals surface area contributed by atoms with E-state index in [2.05, 4.69) is 10.1 Å². The predicted molar refractivity (Wildman–Crippen MR) is 38.6 cm³/mol. The summed E-state index contributed by atoms with van der Waals surface area (Å²) < 4.78 is 25.2. The molecule has 0 fully saturated rings. The van der Waals surface area contributed by atoms with Crippen molar-refractivity contribution < 1.29 is 8.78 Å². The minimum atomic E-state index is -2.46. The summed E-state index contributed by atoms with van der Waals surface area (Å²) >= 11 is 0. The molecule has 0 saturated carbocycles. The maximum atomic E-state index is 11.9. The van der Waals surface area contributed by atoms with Crippen LogP contribution in [0.3, 0.4) is 0 Å². The number of nitrogens with zero attached hydrogens (tertiary/aromatic N) is 3. The first-order chi connectivity index (χ1) is 5.70. The molecular formula is C6H10F2N4. The first-order valence-corrected chi connectivity index (χ1v) is 3.56. The number of aromatic nitrogens is 3. The molecule has 2 N–H and O–H groups in total. The predicted octanol–water partition coefficient (Wildman–Crippen LogP) is 0.261. The maximum Gasteiger partial charge on any atom is 0.253 e. The summed E-state index contributed by atoms with van der Waals surface area (Å²) in [6.07, 6.45) is 0.571. The molecule has 1 rings (SSSR count). The van der Waals surface area contributed by atoms with E-state index in [9.17, 15) is 8.78 Å². The third-order valence-electron chi connectivity index (χ3n) is 1.48. The van der Waals surface area contributed by atoms with Crippen molar-refractivity contribution in [1.82, 2.24) is 14.8 Å². The topological polar surface area (TPSA) is 56.7 Å². The summed E-state index contributed by atoms with van der Waals surface area (Å²) in [4.78, 5) is 3.67. The van der Waals surface area contributed by atoms with Gasteiger partial charge in [-0.2, -0.15) is 5.10 Å². The minimum Gasteiger partial charge on any atom is -0.323 e. The Morgan fingerprint density at radius 2 is 2.25 bits per heavy atom. The molecule has 1 heterocycles. The zero-order chi connectivity index (χ0) is 8.97. The van der Waals surface area contributed by atoms with Crippen LogP contribution in [-0.4, -0.2) is 27.2 Å². The molecule has 4 nitrogen and oxygen atoms in total. The Morgan fingerprint density at radius 3 is 2.75 bits per heavy atom. The molecule has 1 aromatic heterocycles. The zero-order valence-electron chi connectivity index (χ0n) is 6.40. The molecule has 0 aromatic carbocycles. The van der Waals surface area contributed by atoms with Crippen molar-refractivity contribution in [3.05, 3.63) is 12.7 Å². The Hall–Kier alpha value is -1.04. The molecule has 0 radical (unpaired) electrons. The zero-order valence-corrected chi connectivity index (χ0v) is 6.40. The molecule has 1 aromatic rings. The maximum absolute atomic E-state index is 11.9. The lowest BCUT2D eigenvalue weighted by Crippen LogP contribution is -2.29. The van der Waals surface area contributed by atoms with E-state index in [0.717, 1.165) is 0 Å². The number of aryl methyl sites for hydroxylation is 1. The Morgan fingerprint density at radius 1 is 1.50 bits per heavy atom. The van der Waals surface area contributed by atoms with Crippen molar-refractivity contribution in [3.8, 4) is 0 Å². The van der Waals surface area contributed by atoms with Gasteiger partial charge >= 0.3 is 0 Å². The number of nitrogens with two attached hydrogens (primary N) is 1. The van der Waals surface area contributed by atoms with Gasteiger partial charge in [-0.25, -0.2) is 13.8 Å². The van der Waals surface area contributed by atoms with E-state index >= 15 is 0 Å². The number of alkyl halides is 2. The van der Waals surface area contributed by atoms with Crippen LogP contribution in [-0.2, 0) is 6.54 Å². The number of hydrogen-bond acceptors (Lipinski definition) is 3. The normalized spacial score (nSPS) is 13.7. The summed E-state index contributed by atoms with van der Waals surface area (Å²) in [6, 6.07) is -1.07. The fourth-order valence-corrected chi connectivity index (χ4v) is 0.756. The monoisotopic (exact) mass is 176 g/mol. The van der Waals surface area contributed by atoms with E-state index in [1.54, 1.807) is 0 Å². The van der Waals surface area contributed by atoms with Gasteiger partial charge in [-0.1, -0.05) is 0 Å². The summed E-state index contributed by atoms with van der Waals surface area (Å²) in [6.45, 7) is 0.380. The molecule has 1 atom stereocenters. The minimum absolute atomic E-state index is 0.209. The van der Waals surface area contributed by atoms with Gasteiger partial charge in [0.1, 0.15) is 12.7 Å². The van der Waals surface area contributed by atoms with E-state index in [1.807, 2.05) is 0 Å². The summed E-state index contributed by atoms with van der Waals surface area (Å²) in [7, 11) is 0. The van der Waals surface area contributed by atoms with E-state index in [4.69, 9.17) is 5.73 Å². The molecule has 0 spiro atoms. The van der Waals surface area contributed by atoms with Gasteiger partial charge in [-0.15, -0.1) is 0 Å². The number of halogens is 2. The van der Waals surface area contributed by atoms with Gasteiger partial charge in [0.2, 0.25) is 0 Å². The second kappa shape index (κ2) is 4.10. The smallest absolute Gasteiger partial charge is 0.253 e. The average Bonchev–Trinajstić information content (AvgIpc) is 2.51. The SMILES string of the molecule is NC(CCn1cncn1)C(F)F. The third kappa shape index (κ3) is 2.54. The Bertz CT molecular complexity index is 211. The van der Waals surface area contributed by atoms with Gasteiger partial charge in [0, 0.05) is 6.54 Å². The van der Waals surface area contributed by atoms with E-state index < -0.39 is 12.5 Å². The van der Waals surface area contributed by atoms with Crippen LogP contribution in [0.2, 0.25) is 0 Å². The highest BCUT2D eigenvalue weighted by Gasteiger charge is 2.14. The summed E-state index contributed by atoms with van der Waals surface area (Å²) in [5.41, 5.74) is 5.12. The lowest BCUT2D eigenvalue weighted by atomic mass is 10.2. The molecule has 1 unspecified atom stereocenters. The fraction of sp³-hybridized carbons (Fsp3) is 0.667. The molecule has 0 aliphatic carbocycles. The van der Waals surface area contributed by atoms with Crippen molar-refractivity contribution in [2.75, 3.05) is 0 Å². The van der Waals surface area contributed by atoms with Gasteiger partial charge in [-0.3, -0.25) is 4.68 Å². The van der Waals surface area contributed by atoms with Crippen molar-refractivity contribution in [2.45, 2.75) is 25.4 Å². The molecule has 68 valence electrons. The molecule has 0 amide bonds. The number of hydrogen-bond donors (Lipinski definition) is 1. The fourth-order valence-electron chi connectivity index (χ4n) is 0.756. The standard InChI is InChI=1S/C6H10F2N4/c7-6(8)5(9)1-2-12-4-10-3-11-12/h3-6H,1-2,9H2. The van der Waals surface area contributed by atoms with Crippen LogP contribution >= 0.6 is 0 Å². The molecule has 0 aliphatic rings. The quantitative estimate of drug-likeness (QED) is 0.715. The highest BCUT2D eigenvalue weighted by atomic mass is 19.3. The van der Waals surface area contributed by atoms with Crippen molar-refractivity contribution in [1.29, 1.82) is 0 Å². The Kier molecular flexibility index (Phi) is 3.09. The molecule has 12 heavy (non-hydrogen) atoms. The molecule has 0 bridgehead atoms.